The average molecular weight is 239 g/mol. The van der Waals surface area contributed by atoms with Crippen LogP contribution in [0.2, 0.25) is 0 Å². The van der Waals surface area contributed by atoms with Gasteiger partial charge in [0.05, 0.1) is 0 Å². The van der Waals surface area contributed by atoms with Gasteiger partial charge in [-0.1, -0.05) is 0 Å². The van der Waals surface area contributed by atoms with Crippen molar-refractivity contribution in [3.8, 4) is 5.88 Å². The van der Waals surface area contributed by atoms with E-state index in [1.807, 2.05) is 0 Å². The molecule has 6 nitrogen and oxygen atoms in total. The highest BCUT2D eigenvalue weighted by Crippen LogP contribution is 2.20. The Balaban J connectivity index is 3.62. The van der Waals surface area contributed by atoms with E-state index < -0.39 is 11.5 Å². The van der Waals surface area contributed by atoms with Gasteiger partial charge in [-0.3, -0.25) is 14.2 Å². The zero-order valence-corrected chi connectivity index (χ0v) is 10.2. The summed E-state index contributed by atoms with van der Waals surface area (Å²) in [6.07, 6.45) is 0. The Hall–Kier alpha value is -1.82. The van der Waals surface area contributed by atoms with E-state index in [2.05, 4.69) is 0 Å². The molecule has 0 aliphatic carbocycles. The van der Waals surface area contributed by atoms with Gasteiger partial charge in [0.25, 0.3) is 11.5 Å². The zero-order chi connectivity index (χ0) is 13.3. The zero-order valence-electron chi connectivity index (χ0n) is 10.2. The summed E-state index contributed by atoms with van der Waals surface area (Å²) in [6.45, 7) is 5.03. The summed E-state index contributed by atoms with van der Waals surface area (Å²) in [5, 5.41) is 9.87. The van der Waals surface area contributed by atoms with Crippen LogP contribution in [-0.2, 0) is 6.54 Å². The molecule has 1 atom stereocenters. The summed E-state index contributed by atoms with van der Waals surface area (Å²) in [5.41, 5.74) is 10.9. The number of amides is 1. The van der Waals surface area contributed by atoms with Crippen LogP contribution in [0.1, 0.15) is 28.4 Å². The van der Waals surface area contributed by atoms with E-state index in [-0.39, 0.29) is 24.0 Å². The fourth-order valence-corrected chi connectivity index (χ4v) is 1.70. The summed E-state index contributed by atoms with van der Waals surface area (Å²) in [7, 11) is 0. The van der Waals surface area contributed by atoms with Gasteiger partial charge in [0.15, 0.2) is 5.88 Å². The lowest BCUT2D eigenvalue weighted by molar-refractivity contribution is 0.0997. The van der Waals surface area contributed by atoms with Crippen molar-refractivity contribution in [2.75, 3.05) is 0 Å². The van der Waals surface area contributed by atoms with Gasteiger partial charge in [-0.25, -0.2) is 0 Å². The number of rotatable bonds is 3. The van der Waals surface area contributed by atoms with Gasteiger partial charge >= 0.3 is 0 Å². The molecule has 0 aliphatic heterocycles. The first-order chi connectivity index (χ1) is 7.77. The molecule has 6 heteroatoms. The van der Waals surface area contributed by atoms with E-state index in [1.54, 1.807) is 20.8 Å². The van der Waals surface area contributed by atoms with Gasteiger partial charge in [0, 0.05) is 18.2 Å². The molecule has 0 saturated heterocycles. The molecule has 0 aromatic carbocycles. The summed E-state index contributed by atoms with van der Waals surface area (Å²) in [4.78, 5) is 23.2. The van der Waals surface area contributed by atoms with Crippen molar-refractivity contribution in [2.45, 2.75) is 33.4 Å². The van der Waals surface area contributed by atoms with E-state index in [4.69, 9.17) is 11.5 Å². The average Bonchev–Trinajstić information content (AvgIpc) is 2.21. The molecule has 0 fully saturated rings. The molecule has 0 saturated carbocycles. The molecule has 0 spiro atoms. The number of nitrogens with two attached hydrogens (primary N) is 2. The first-order valence-electron chi connectivity index (χ1n) is 5.25. The molecule has 1 unspecified atom stereocenters. The second-order valence-corrected chi connectivity index (χ2v) is 4.21. The molecule has 5 N–H and O–H groups in total. The minimum Gasteiger partial charge on any atom is -0.494 e. The number of aromatic hydroxyl groups is 1. The van der Waals surface area contributed by atoms with Gasteiger partial charge in [-0.2, -0.15) is 0 Å². The lowest BCUT2D eigenvalue weighted by atomic mass is 10.1. The Bertz CT molecular complexity index is 518. The number of carbonyl (C=O) groups excluding carboxylic acids is 1. The molecule has 94 valence electrons. The maximum absolute atomic E-state index is 12.0. The first-order valence-corrected chi connectivity index (χ1v) is 5.25. The Morgan fingerprint density at radius 3 is 2.35 bits per heavy atom. The summed E-state index contributed by atoms with van der Waals surface area (Å²) < 4.78 is 1.08. The Morgan fingerprint density at radius 2 is 1.94 bits per heavy atom. The van der Waals surface area contributed by atoms with Gasteiger partial charge < -0.3 is 16.6 Å². The third-order valence-electron chi connectivity index (χ3n) is 2.70. The van der Waals surface area contributed by atoms with Crippen LogP contribution >= 0.6 is 0 Å². The predicted molar refractivity (Wildman–Crippen MR) is 64.0 cm³/mol. The van der Waals surface area contributed by atoms with Crippen LogP contribution in [0.4, 0.5) is 0 Å². The van der Waals surface area contributed by atoms with Crippen LogP contribution in [0.3, 0.4) is 0 Å². The summed E-state index contributed by atoms with van der Waals surface area (Å²) in [6, 6.07) is -0.318. The van der Waals surface area contributed by atoms with Crippen LogP contribution in [-0.4, -0.2) is 21.6 Å². The van der Waals surface area contributed by atoms with Crippen LogP contribution < -0.4 is 17.0 Å². The number of primary amides is 1. The maximum Gasteiger partial charge on any atom is 0.266 e. The number of aromatic nitrogens is 1. The van der Waals surface area contributed by atoms with Crippen LogP contribution in [0.5, 0.6) is 5.88 Å². The fourth-order valence-electron chi connectivity index (χ4n) is 1.70. The Labute approximate surface area is 98.8 Å². The second kappa shape index (κ2) is 4.58. The highest BCUT2D eigenvalue weighted by molar-refractivity contribution is 5.94. The fraction of sp³-hybridized carbons (Fsp3) is 0.455. The van der Waals surface area contributed by atoms with E-state index >= 15 is 0 Å². The van der Waals surface area contributed by atoms with Crippen molar-refractivity contribution in [3.63, 3.8) is 0 Å². The molecule has 0 radical (unpaired) electrons. The number of pyridine rings is 1. The number of hydrogen-bond donors (Lipinski definition) is 3. The second-order valence-electron chi connectivity index (χ2n) is 4.21. The molecule has 1 amide bonds. The van der Waals surface area contributed by atoms with Gasteiger partial charge in [0.1, 0.15) is 5.56 Å². The van der Waals surface area contributed by atoms with E-state index in [9.17, 15) is 14.7 Å². The lowest BCUT2D eigenvalue weighted by Gasteiger charge is -2.16. The van der Waals surface area contributed by atoms with Crippen molar-refractivity contribution < 1.29 is 9.90 Å². The van der Waals surface area contributed by atoms with Crippen LogP contribution in [0, 0.1) is 13.8 Å². The van der Waals surface area contributed by atoms with E-state index in [0.717, 1.165) is 4.57 Å². The normalized spacial score (nSPS) is 12.5. The summed E-state index contributed by atoms with van der Waals surface area (Å²) >= 11 is 0. The topological polar surface area (TPSA) is 111 Å². The Morgan fingerprint density at radius 1 is 1.41 bits per heavy atom. The van der Waals surface area contributed by atoms with Gasteiger partial charge in [-0.15, -0.1) is 0 Å². The smallest absolute Gasteiger partial charge is 0.266 e. The monoisotopic (exact) mass is 239 g/mol. The van der Waals surface area contributed by atoms with Crippen LogP contribution in [0.25, 0.3) is 0 Å². The first kappa shape index (κ1) is 13.2. The predicted octanol–water partition coefficient (Wildman–Crippen LogP) is -0.383. The number of carbonyl (C=O) groups is 1. The minimum absolute atomic E-state index is 0.0963. The third-order valence-corrected chi connectivity index (χ3v) is 2.70. The molecule has 0 bridgehead atoms. The standard InChI is InChI=1S/C11H17N3O3/c1-5(12)4-14-10(16)7(3)6(2)8(9(13)15)11(14)17/h5,16H,4,12H2,1-3H3,(H2,13,15). The molecule has 1 heterocycles. The number of nitrogens with zero attached hydrogens (tertiary/aromatic N) is 1. The van der Waals surface area contributed by atoms with Crippen molar-refractivity contribution in [2.24, 2.45) is 11.5 Å². The van der Waals surface area contributed by atoms with Crippen LogP contribution in [0.15, 0.2) is 4.79 Å². The van der Waals surface area contributed by atoms with E-state index in [1.165, 1.54) is 0 Å². The highest BCUT2D eigenvalue weighted by Gasteiger charge is 2.20. The minimum atomic E-state index is -0.797. The molecule has 0 aliphatic rings. The molecule has 1 rings (SSSR count). The molecule has 1 aromatic heterocycles. The number of hydrogen-bond acceptors (Lipinski definition) is 4. The molecular formula is C11H17N3O3. The molecular weight excluding hydrogens is 222 g/mol. The Kier molecular flexibility index (Phi) is 3.57. The lowest BCUT2D eigenvalue weighted by Crippen LogP contribution is -2.35. The largest absolute Gasteiger partial charge is 0.494 e. The maximum atomic E-state index is 12.0. The van der Waals surface area contributed by atoms with Crippen molar-refractivity contribution >= 4 is 5.91 Å². The van der Waals surface area contributed by atoms with Gasteiger partial charge in [0.2, 0.25) is 0 Å². The third kappa shape index (κ3) is 2.31. The summed E-state index contributed by atoms with van der Waals surface area (Å²) in [5.74, 6) is -0.969. The SMILES string of the molecule is Cc1c(C)c(O)n(CC(C)N)c(=O)c1C(N)=O. The van der Waals surface area contributed by atoms with Crippen molar-refractivity contribution in [1.29, 1.82) is 0 Å². The quantitative estimate of drug-likeness (QED) is 0.667. The van der Waals surface area contributed by atoms with E-state index in [0.29, 0.717) is 11.1 Å². The van der Waals surface area contributed by atoms with Crippen molar-refractivity contribution in [1.82, 2.24) is 4.57 Å². The molecule has 17 heavy (non-hydrogen) atoms. The van der Waals surface area contributed by atoms with Crippen molar-refractivity contribution in [3.05, 3.63) is 27.0 Å². The van der Waals surface area contributed by atoms with Gasteiger partial charge in [-0.05, 0) is 26.3 Å². The highest BCUT2D eigenvalue weighted by atomic mass is 16.3. The molecule has 1 aromatic rings.